The van der Waals surface area contributed by atoms with Crippen molar-refractivity contribution in [2.24, 2.45) is 0 Å². The summed E-state index contributed by atoms with van der Waals surface area (Å²) in [4.78, 5) is 12.5. The fourth-order valence-electron chi connectivity index (χ4n) is 2.78. The molecular formula is C21H24N4O2. The number of hydrogen-bond acceptors (Lipinski definition) is 4. The average Bonchev–Trinajstić information content (AvgIpc) is 3.07. The number of amides is 1. The molecule has 0 aliphatic heterocycles. The van der Waals surface area contributed by atoms with Gasteiger partial charge in [0.25, 0.3) is 5.91 Å². The van der Waals surface area contributed by atoms with Crippen molar-refractivity contribution in [3.63, 3.8) is 0 Å². The molecule has 0 aliphatic carbocycles. The van der Waals surface area contributed by atoms with Crippen LogP contribution in [0.2, 0.25) is 0 Å². The van der Waals surface area contributed by atoms with Crippen molar-refractivity contribution in [1.29, 1.82) is 0 Å². The van der Waals surface area contributed by atoms with Gasteiger partial charge < -0.3 is 10.1 Å². The monoisotopic (exact) mass is 364 g/mol. The van der Waals surface area contributed by atoms with Crippen molar-refractivity contribution >= 4 is 5.91 Å². The molecule has 6 heteroatoms. The molecule has 0 bridgehead atoms. The molecule has 6 nitrogen and oxygen atoms in total. The van der Waals surface area contributed by atoms with Gasteiger partial charge in [0.15, 0.2) is 5.69 Å². The standard InChI is InChI=1S/C21H24N4O2/c1-4-27-14-18-10-8-17(9-11-18)13-22-21(26)20-16(3)25(24-23-20)19-7-5-6-15(2)12-19/h5-12H,4,13-14H2,1-3H3,(H,22,26). The lowest BCUT2D eigenvalue weighted by Gasteiger charge is -2.07. The third kappa shape index (κ3) is 4.60. The Hall–Kier alpha value is -2.99. The highest BCUT2D eigenvalue weighted by Crippen LogP contribution is 2.14. The van der Waals surface area contributed by atoms with Gasteiger partial charge in [0.1, 0.15) is 0 Å². The Morgan fingerprint density at radius 2 is 1.85 bits per heavy atom. The van der Waals surface area contributed by atoms with Crippen LogP contribution in [0.25, 0.3) is 5.69 Å². The molecule has 1 aromatic heterocycles. The van der Waals surface area contributed by atoms with Gasteiger partial charge in [0, 0.05) is 13.2 Å². The zero-order chi connectivity index (χ0) is 19.2. The summed E-state index contributed by atoms with van der Waals surface area (Å²) in [6.45, 7) is 7.57. The Bertz CT molecular complexity index is 916. The predicted octanol–water partition coefficient (Wildman–Crippen LogP) is 3.35. The molecule has 0 unspecified atom stereocenters. The number of hydrogen-bond donors (Lipinski definition) is 1. The Morgan fingerprint density at radius 1 is 1.11 bits per heavy atom. The molecule has 0 fully saturated rings. The van der Waals surface area contributed by atoms with Gasteiger partial charge in [-0.05, 0) is 49.6 Å². The zero-order valence-electron chi connectivity index (χ0n) is 15.9. The maximum Gasteiger partial charge on any atom is 0.274 e. The topological polar surface area (TPSA) is 69.0 Å². The predicted molar refractivity (Wildman–Crippen MR) is 104 cm³/mol. The van der Waals surface area contributed by atoms with Crippen LogP contribution in [0.1, 0.15) is 39.8 Å². The second-order valence-corrected chi connectivity index (χ2v) is 6.41. The van der Waals surface area contributed by atoms with E-state index in [2.05, 4.69) is 15.6 Å². The molecule has 1 heterocycles. The van der Waals surface area contributed by atoms with Crippen molar-refractivity contribution < 1.29 is 9.53 Å². The number of rotatable bonds is 7. The van der Waals surface area contributed by atoms with E-state index in [4.69, 9.17) is 4.74 Å². The van der Waals surface area contributed by atoms with Crippen molar-refractivity contribution in [2.45, 2.75) is 33.9 Å². The van der Waals surface area contributed by atoms with E-state index in [1.54, 1.807) is 4.68 Å². The number of aryl methyl sites for hydroxylation is 1. The molecule has 0 saturated heterocycles. The van der Waals surface area contributed by atoms with E-state index in [0.717, 1.165) is 22.4 Å². The third-order valence-electron chi connectivity index (χ3n) is 4.30. The molecule has 0 radical (unpaired) electrons. The average molecular weight is 364 g/mol. The molecular weight excluding hydrogens is 340 g/mol. The van der Waals surface area contributed by atoms with Crippen LogP contribution >= 0.6 is 0 Å². The normalized spacial score (nSPS) is 10.8. The van der Waals surface area contributed by atoms with Crippen molar-refractivity contribution in [3.05, 3.63) is 76.6 Å². The molecule has 2 aromatic carbocycles. The molecule has 0 spiro atoms. The molecule has 1 amide bonds. The van der Waals surface area contributed by atoms with Gasteiger partial charge in [0.05, 0.1) is 18.0 Å². The lowest BCUT2D eigenvalue weighted by molar-refractivity contribution is 0.0945. The summed E-state index contributed by atoms with van der Waals surface area (Å²) in [7, 11) is 0. The number of nitrogens with one attached hydrogen (secondary N) is 1. The molecule has 3 rings (SSSR count). The lowest BCUT2D eigenvalue weighted by Crippen LogP contribution is -2.24. The number of benzene rings is 2. The first-order valence-corrected chi connectivity index (χ1v) is 9.01. The van der Waals surface area contributed by atoms with Gasteiger partial charge >= 0.3 is 0 Å². The van der Waals surface area contributed by atoms with Gasteiger partial charge in [-0.1, -0.05) is 41.6 Å². The first kappa shape index (κ1) is 18.8. The van der Waals surface area contributed by atoms with Gasteiger partial charge in [0.2, 0.25) is 0 Å². The first-order chi connectivity index (χ1) is 13.1. The highest BCUT2D eigenvalue weighted by molar-refractivity contribution is 5.93. The third-order valence-corrected chi connectivity index (χ3v) is 4.30. The van der Waals surface area contributed by atoms with E-state index >= 15 is 0 Å². The van der Waals surface area contributed by atoms with E-state index in [0.29, 0.717) is 31.1 Å². The van der Waals surface area contributed by atoms with Gasteiger partial charge in [-0.25, -0.2) is 4.68 Å². The van der Waals surface area contributed by atoms with Crippen LogP contribution in [0.4, 0.5) is 0 Å². The van der Waals surface area contributed by atoms with Crippen molar-refractivity contribution in [3.8, 4) is 5.69 Å². The molecule has 1 N–H and O–H groups in total. The highest BCUT2D eigenvalue weighted by atomic mass is 16.5. The lowest BCUT2D eigenvalue weighted by atomic mass is 10.1. The molecule has 140 valence electrons. The smallest absolute Gasteiger partial charge is 0.274 e. The van der Waals surface area contributed by atoms with Crippen molar-refractivity contribution in [2.75, 3.05) is 6.61 Å². The Labute approximate surface area is 159 Å². The van der Waals surface area contributed by atoms with Crippen LogP contribution < -0.4 is 5.32 Å². The summed E-state index contributed by atoms with van der Waals surface area (Å²) in [6, 6.07) is 15.9. The maximum atomic E-state index is 12.5. The summed E-state index contributed by atoms with van der Waals surface area (Å²) in [5.74, 6) is -0.232. The van der Waals surface area contributed by atoms with E-state index < -0.39 is 0 Å². The molecule has 0 saturated carbocycles. The van der Waals surface area contributed by atoms with Crippen LogP contribution in [0, 0.1) is 13.8 Å². The number of carbonyl (C=O) groups excluding carboxylic acids is 1. The minimum absolute atomic E-state index is 0.232. The fourth-order valence-corrected chi connectivity index (χ4v) is 2.78. The van der Waals surface area contributed by atoms with Gasteiger partial charge in [-0.15, -0.1) is 5.10 Å². The number of ether oxygens (including phenoxy) is 1. The minimum Gasteiger partial charge on any atom is -0.377 e. The van der Waals surface area contributed by atoms with Crippen LogP contribution in [0.15, 0.2) is 48.5 Å². The van der Waals surface area contributed by atoms with E-state index in [-0.39, 0.29) is 5.91 Å². The largest absolute Gasteiger partial charge is 0.377 e. The summed E-state index contributed by atoms with van der Waals surface area (Å²) in [5.41, 5.74) is 5.20. The van der Waals surface area contributed by atoms with Crippen LogP contribution in [-0.4, -0.2) is 27.5 Å². The highest BCUT2D eigenvalue weighted by Gasteiger charge is 2.17. The van der Waals surface area contributed by atoms with Crippen LogP contribution in [-0.2, 0) is 17.9 Å². The maximum absolute atomic E-state index is 12.5. The van der Waals surface area contributed by atoms with E-state index in [1.165, 1.54) is 0 Å². The minimum atomic E-state index is -0.232. The molecule has 0 atom stereocenters. The molecule has 3 aromatic rings. The Morgan fingerprint density at radius 3 is 2.56 bits per heavy atom. The first-order valence-electron chi connectivity index (χ1n) is 9.01. The zero-order valence-corrected chi connectivity index (χ0v) is 15.9. The van der Waals surface area contributed by atoms with Gasteiger partial charge in [-0.3, -0.25) is 4.79 Å². The Kier molecular flexibility index (Phi) is 5.98. The number of aromatic nitrogens is 3. The second kappa shape index (κ2) is 8.60. The summed E-state index contributed by atoms with van der Waals surface area (Å²) < 4.78 is 7.07. The summed E-state index contributed by atoms with van der Waals surface area (Å²) >= 11 is 0. The summed E-state index contributed by atoms with van der Waals surface area (Å²) in [6.07, 6.45) is 0. The van der Waals surface area contributed by atoms with Crippen LogP contribution in [0.3, 0.4) is 0 Å². The fraction of sp³-hybridized carbons (Fsp3) is 0.286. The van der Waals surface area contributed by atoms with Crippen LogP contribution in [0.5, 0.6) is 0 Å². The number of nitrogens with zero attached hydrogens (tertiary/aromatic N) is 3. The van der Waals surface area contributed by atoms with Crippen molar-refractivity contribution in [1.82, 2.24) is 20.3 Å². The second-order valence-electron chi connectivity index (χ2n) is 6.41. The SMILES string of the molecule is CCOCc1ccc(CNC(=O)c2nnn(-c3cccc(C)c3)c2C)cc1. The van der Waals surface area contributed by atoms with Gasteiger partial charge in [-0.2, -0.15) is 0 Å². The molecule has 0 aliphatic rings. The quantitative estimate of drug-likeness (QED) is 0.698. The van der Waals surface area contributed by atoms with E-state index in [1.807, 2.05) is 69.3 Å². The molecule has 27 heavy (non-hydrogen) atoms. The Balaban J connectivity index is 1.65. The number of carbonyl (C=O) groups is 1. The van der Waals surface area contributed by atoms with E-state index in [9.17, 15) is 4.79 Å². The summed E-state index contributed by atoms with van der Waals surface area (Å²) in [5, 5.41) is 11.1.